The molecule has 0 spiro atoms. The van der Waals surface area contributed by atoms with Crippen molar-refractivity contribution >= 4 is 53.7 Å². The van der Waals surface area contributed by atoms with Crippen molar-refractivity contribution in [3.05, 3.63) is 42.5 Å². The molecule has 0 bridgehead atoms. The summed E-state index contributed by atoms with van der Waals surface area (Å²) in [6, 6.07) is 13.6. The minimum Gasteiger partial charge on any atom is -0.494 e. The van der Waals surface area contributed by atoms with E-state index in [0.717, 1.165) is 60.7 Å². The van der Waals surface area contributed by atoms with E-state index in [4.69, 9.17) is 21.7 Å². The van der Waals surface area contributed by atoms with Crippen molar-refractivity contribution in [1.29, 1.82) is 5.41 Å². The highest BCUT2D eigenvalue weighted by Crippen LogP contribution is 2.38. The zero-order valence-electron chi connectivity index (χ0n) is 21.9. The Kier molecular flexibility index (Phi) is 9.17. The Morgan fingerprint density at radius 1 is 1.16 bits per heavy atom. The largest absolute Gasteiger partial charge is 0.494 e. The van der Waals surface area contributed by atoms with Gasteiger partial charge in [0, 0.05) is 61.7 Å². The van der Waals surface area contributed by atoms with Gasteiger partial charge in [-0.05, 0) is 56.4 Å². The number of benzene rings is 2. The van der Waals surface area contributed by atoms with E-state index >= 15 is 0 Å². The highest BCUT2D eigenvalue weighted by molar-refractivity contribution is 7.70. The van der Waals surface area contributed by atoms with Crippen LogP contribution in [0.5, 0.6) is 5.75 Å². The Balaban J connectivity index is 1.41. The molecule has 200 valence electrons. The van der Waals surface area contributed by atoms with Gasteiger partial charge in [0.25, 0.3) is 0 Å². The molecule has 1 aliphatic heterocycles. The van der Waals surface area contributed by atoms with Crippen LogP contribution < -0.4 is 25.6 Å². The monoisotopic (exact) mass is 544 g/mol. The standard InChI is InChI=1S/C27H38ClN6O2P/c1-36-25-16-21(34-14-12-33(13-15-34)18-20-8-9-20)10-11-23(25)30-19-31-27(22(28)17-29)32-24-6-4-5-7-26(24)37(2,3)35/h4-7,10-11,16-17,19-20,22,27,29,32H,8-9,12-15,18H2,1-3H3,(H,30,31). The number of piperazine rings is 1. The number of alkyl halides is 1. The average Bonchev–Trinajstić information content (AvgIpc) is 3.72. The predicted molar refractivity (Wildman–Crippen MR) is 158 cm³/mol. The maximum atomic E-state index is 12.7. The van der Waals surface area contributed by atoms with Gasteiger partial charge in [-0.25, -0.2) is 4.99 Å². The van der Waals surface area contributed by atoms with E-state index in [9.17, 15) is 4.57 Å². The molecule has 2 unspecified atom stereocenters. The number of halogens is 1. The molecule has 8 nitrogen and oxygen atoms in total. The summed E-state index contributed by atoms with van der Waals surface area (Å²) in [5, 5.41) is 14.1. The second-order valence-corrected chi connectivity index (χ2v) is 13.8. The highest BCUT2D eigenvalue weighted by atomic mass is 35.5. The van der Waals surface area contributed by atoms with Crippen molar-refractivity contribution in [2.75, 3.05) is 68.7 Å². The first-order chi connectivity index (χ1) is 17.8. The summed E-state index contributed by atoms with van der Waals surface area (Å²) in [4.78, 5) is 9.53. The fraction of sp³-hybridized carbons (Fsp3) is 0.481. The summed E-state index contributed by atoms with van der Waals surface area (Å²) in [6.07, 6.45) is 4.86. The van der Waals surface area contributed by atoms with Crippen LogP contribution in [-0.4, -0.2) is 82.2 Å². The number of ether oxygens (including phenoxy) is 1. The van der Waals surface area contributed by atoms with Crippen LogP contribution in [0.4, 0.5) is 17.1 Å². The molecule has 4 rings (SSSR count). The molecule has 2 aromatic rings. The van der Waals surface area contributed by atoms with Crippen molar-refractivity contribution in [2.24, 2.45) is 10.9 Å². The Labute approximate surface area is 225 Å². The number of nitrogens with one attached hydrogen (secondary N) is 3. The zero-order valence-corrected chi connectivity index (χ0v) is 23.5. The molecule has 1 heterocycles. The molecule has 2 aliphatic rings. The first-order valence-electron chi connectivity index (χ1n) is 12.8. The topological polar surface area (TPSA) is 93.1 Å². The predicted octanol–water partition coefficient (Wildman–Crippen LogP) is 4.61. The third-order valence-corrected chi connectivity index (χ3v) is 8.75. The lowest BCUT2D eigenvalue weighted by Gasteiger charge is -2.36. The summed E-state index contributed by atoms with van der Waals surface area (Å²) < 4.78 is 18.4. The summed E-state index contributed by atoms with van der Waals surface area (Å²) in [7, 11) is -0.852. The van der Waals surface area contributed by atoms with Gasteiger partial charge in [0.2, 0.25) is 0 Å². The number of para-hydroxylation sites is 1. The van der Waals surface area contributed by atoms with Crippen LogP contribution in [-0.2, 0) is 4.57 Å². The van der Waals surface area contributed by atoms with Crippen LogP contribution in [0.15, 0.2) is 47.5 Å². The molecule has 1 saturated carbocycles. The lowest BCUT2D eigenvalue weighted by molar-refractivity contribution is 0.248. The van der Waals surface area contributed by atoms with Crippen molar-refractivity contribution in [1.82, 2.24) is 4.90 Å². The minimum absolute atomic E-state index is 0.628. The van der Waals surface area contributed by atoms with Crippen molar-refractivity contribution < 1.29 is 9.30 Å². The molecule has 37 heavy (non-hydrogen) atoms. The molecular formula is C27H38ClN6O2P. The van der Waals surface area contributed by atoms with Gasteiger partial charge in [-0.15, -0.1) is 11.6 Å². The van der Waals surface area contributed by atoms with Crippen LogP contribution in [0.3, 0.4) is 0 Å². The molecule has 2 atom stereocenters. The van der Waals surface area contributed by atoms with E-state index in [-0.39, 0.29) is 0 Å². The minimum atomic E-state index is -2.51. The fourth-order valence-corrected chi connectivity index (χ4v) is 5.84. The highest BCUT2D eigenvalue weighted by Gasteiger charge is 2.26. The van der Waals surface area contributed by atoms with Gasteiger partial charge < -0.3 is 30.2 Å². The Morgan fingerprint density at radius 2 is 1.89 bits per heavy atom. The number of nitrogens with zero attached hydrogens (tertiary/aromatic N) is 3. The van der Waals surface area contributed by atoms with E-state index in [0.29, 0.717) is 5.69 Å². The molecule has 0 radical (unpaired) electrons. The Morgan fingerprint density at radius 3 is 2.54 bits per heavy atom. The number of hydrogen-bond donors (Lipinski definition) is 3. The van der Waals surface area contributed by atoms with Gasteiger partial charge in [-0.2, -0.15) is 0 Å². The smallest absolute Gasteiger partial charge is 0.144 e. The molecule has 0 aromatic heterocycles. The molecular weight excluding hydrogens is 507 g/mol. The van der Waals surface area contributed by atoms with Crippen LogP contribution in [0.1, 0.15) is 12.8 Å². The first kappa shape index (κ1) is 27.5. The van der Waals surface area contributed by atoms with Crippen LogP contribution in [0.2, 0.25) is 0 Å². The SMILES string of the molecule is COc1cc(N2CCN(CC3CC3)CC2)ccc1NC=NC(Nc1ccccc1P(C)(C)=O)C(Cl)C=N. The van der Waals surface area contributed by atoms with Gasteiger partial charge in [0.15, 0.2) is 0 Å². The van der Waals surface area contributed by atoms with Gasteiger partial charge in [-0.1, -0.05) is 12.1 Å². The Hall–Kier alpha value is -2.54. The third kappa shape index (κ3) is 7.50. The van der Waals surface area contributed by atoms with E-state index in [1.54, 1.807) is 26.8 Å². The van der Waals surface area contributed by atoms with Crippen LogP contribution >= 0.6 is 18.7 Å². The fourth-order valence-electron chi connectivity index (χ4n) is 4.55. The summed E-state index contributed by atoms with van der Waals surface area (Å²) in [5.41, 5.74) is 2.63. The molecule has 2 aromatic carbocycles. The molecule has 3 N–H and O–H groups in total. The van der Waals surface area contributed by atoms with Gasteiger partial charge in [0.05, 0.1) is 19.1 Å². The number of hydrogen-bond acceptors (Lipinski definition) is 7. The van der Waals surface area contributed by atoms with Crippen molar-refractivity contribution in [3.63, 3.8) is 0 Å². The average molecular weight is 545 g/mol. The maximum absolute atomic E-state index is 12.7. The van der Waals surface area contributed by atoms with E-state index in [1.807, 2.05) is 30.3 Å². The zero-order chi connectivity index (χ0) is 26.4. The number of methoxy groups -OCH3 is 1. The second-order valence-electron chi connectivity index (χ2n) is 10.1. The summed E-state index contributed by atoms with van der Waals surface area (Å²) in [6.45, 7) is 8.93. The van der Waals surface area contributed by atoms with E-state index in [1.165, 1.54) is 19.4 Å². The second kappa shape index (κ2) is 12.3. The first-order valence-corrected chi connectivity index (χ1v) is 15.8. The molecule has 0 amide bonds. The van der Waals surface area contributed by atoms with Crippen molar-refractivity contribution in [2.45, 2.75) is 24.4 Å². The Bertz CT molecular complexity index is 1140. The number of aliphatic imine (C=N–C) groups is 1. The number of rotatable bonds is 12. The van der Waals surface area contributed by atoms with Gasteiger partial charge >= 0.3 is 0 Å². The third-order valence-electron chi connectivity index (χ3n) is 6.84. The van der Waals surface area contributed by atoms with Crippen molar-refractivity contribution in [3.8, 4) is 5.75 Å². The summed E-state index contributed by atoms with van der Waals surface area (Å²) >= 11 is 6.39. The van der Waals surface area contributed by atoms with Crippen LogP contribution in [0, 0.1) is 11.3 Å². The molecule has 1 aliphatic carbocycles. The lowest BCUT2D eigenvalue weighted by atomic mass is 10.2. The lowest BCUT2D eigenvalue weighted by Crippen LogP contribution is -2.47. The van der Waals surface area contributed by atoms with E-state index in [2.05, 4.69) is 37.6 Å². The summed E-state index contributed by atoms with van der Waals surface area (Å²) in [5.74, 6) is 1.66. The maximum Gasteiger partial charge on any atom is 0.144 e. The quantitative estimate of drug-likeness (QED) is 0.156. The van der Waals surface area contributed by atoms with Gasteiger partial charge in [-0.3, -0.25) is 4.90 Å². The van der Waals surface area contributed by atoms with Crippen LogP contribution in [0.25, 0.3) is 0 Å². The number of anilines is 3. The van der Waals surface area contributed by atoms with Gasteiger partial charge in [0.1, 0.15) is 24.4 Å². The molecule has 10 heteroatoms. The van der Waals surface area contributed by atoms with E-state index < -0.39 is 18.7 Å². The molecule has 1 saturated heterocycles. The molecule has 2 fully saturated rings. The normalized spacial score (nSPS) is 18.4.